The van der Waals surface area contributed by atoms with E-state index in [0.717, 1.165) is 30.5 Å². The van der Waals surface area contributed by atoms with E-state index in [2.05, 4.69) is 20.9 Å². The number of nitrogens with zero attached hydrogens (tertiary/aromatic N) is 1. The van der Waals surface area contributed by atoms with Crippen LogP contribution in [0.5, 0.6) is 0 Å². The third-order valence-corrected chi connectivity index (χ3v) is 4.12. The molecular formula is C16H13BrFNO. The summed E-state index contributed by atoms with van der Waals surface area (Å²) >= 11 is 3.23. The first-order valence-electron chi connectivity index (χ1n) is 6.59. The summed E-state index contributed by atoms with van der Waals surface area (Å²) in [6.07, 6.45) is 4.41. The molecule has 0 saturated carbocycles. The second kappa shape index (κ2) is 5.44. The minimum Gasteiger partial charge on any atom is -0.293 e. The van der Waals surface area contributed by atoms with Crippen LogP contribution in [0.1, 0.15) is 40.4 Å². The number of hydrogen-bond acceptors (Lipinski definition) is 2. The third-order valence-electron chi connectivity index (χ3n) is 3.66. The van der Waals surface area contributed by atoms with E-state index in [1.807, 2.05) is 12.1 Å². The van der Waals surface area contributed by atoms with Crippen molar-refractivity contribution in [2.75, 3.05) is 0 Å². The molecule has 1 aliphatic carbocycles. The highest BCUT2D eigenvalue weighted by atomic mass is 79.9. The molecule has 0 spiro atoms. The summed E-state index contributed by atoms with van der Waals surface area (Å²) in [7, 11) is 0. The normalized spacial score (nSPS) is 17.6. The Labute approximate surface area is 125 Å². The summed E-state index contributed by atoms with van der Waals surface area (Å²) in [6.45, 7) is 0. The van der Waals surface area contributed by atoms with E-state index >= 15 is 0 Å². The van der Waals surface area contributed by atoms with Crippen molar-refractivity contribution in [3.63, 3.8) is 0 Å². The standard InChI is InChI=1S/C16H13BrFNO/c17-12-7-11(8-13(18)9-12)16(20)14-5-1-3-10-4-2-6-19-15(10)14/h2,4,6-9,14H,1,3,5H2. The molecule has 0 saturated heterocycles. The van der Waals surface area contributed by atoms with E-state index in [1.54, 1.807) is 12.3 Å². The van der Waals surface area contributed by atoms with Gasteiger partial charge in [0.1, 0.15) is 5.82 Å². The molecule has 0 amide bonds. The van der Waals surface area contributed by atoms with Crippen LogP contribution in [0.4, 0.5) is 4.39 Å². The first-order chi connectivity index (χ1) is 9.65. The zero-order valence-corrected chi connectivity index (χ0v) is 12.4. The van der Waals surface area contributed by atoms with Crippen LogP contribution in [-0.4, -0.2) is 10.8 Å². The molecule has 1 aromatic heterocycles. The molecule has 0 bridgehead atoms. The average molecular weight is 334 g/mol. The summed E-state index contributed by atoms with van der Waals surface area (Å²) in [5.74, 6) is -0.710. The first-order valence-corrected chi connectivity index (χ1v) is 7.38. The molecule has 1 atom stereocenters. The number of benzene rings is 1. The van der Waals surface area contributed by atoms with Crippen molar-refractivity contribution in [3.8, 4) is 0 Å². The predicted molar refractivity (Wildman–Crippen MR) is 78.3 cm³/mol. The van der Waals surface area contributed by atoms with E-state index in [4.69, 9.17) is 0 Å². The Bertz CT molecular complexity index is 651. The highest BCUT2D eigenvalue weighted by molar-refractivity contribution is 9.10. The second-order valence-corrected chi connectivity index (χ2v) is 5.93. The van der Waals surface area contributed by atoms with Crippen molar-refractivity contribution in [1.82, 2.24) is 4.98 Å². The molecule has 0 N–H and O–H groups in total. The van der Waals surface area contributed by atoms with Gasteiger partial charge >= 0.3 is 0 Å². The quantitative estimate of drug-likeness (QED) is 0.767. The molecule has 0 radical (unpaired) electrons. The average Bonchev–Trinajstić information content (AvgIpc) is 2.45. The maximum absolute atomic E-state index is 13.5. The lowest BCUT2D eigenvalue weighted by atomic mass is 9.82. The SMILES string of the molecule is O=C(c1cc(F)cc(Br)c1)C1CCCc2cccnc21. The fraction of sp³-hybridized carbons (Fsp3) is 0.250. The van der Waals surface area contributed by atoms with Crippen molar-refractivity contribution in [1.29, 1.82) is 0 Å². The van der Waals surface area contributed by atoms with Crippen LogP contribution in [0.25, 0.3) is 0 Å². The predicted octanol–water partition coefficient (Wildman–Crippen LogP) is 4.29. The molecule has 1 aliphatic rings. The van der Waals surface area contributed by atoms with Crippen LogP contribution in [0.15, 0.2) is 41.0 Å². The number of hydrogen-bond donors (Lipinski definition) is 0. The second-order valence-electron chi connectivity index (χ2n) is 5.01. The summed E-state index contributed by atoms with van der Waals surface area (Å²) in [4.78, 5) is 17.0. The topological polar surface area (TPSA) is 30.0 Å². The zero-order chi connectivity index (χ0) is 14.1. The third kappa shape index (κ3) is 2.52. The van der Waals surface area contributed by atoms with Crippen molar-refractivity contribution in [3.05, 3.63) is 63.6 Å². The number of aromatic nitrogens is 1. The first kappa shape index (κ1) is 13.4. The van der Waals surface area contributed by atoms with Gasteiger partial charge in [-0.05, 0) is 49.1 Å². The summed E-state index contributed by atoms with van der Waals surface area (Å²) in [6, 6.07) is 8.23. The van der Waals surface area contributed by atoms with Gasteiger partial charge in [0, 0.05) is 16.2 Å². The lowest BCUT2D eigenvalue weighted by Gasteiger charge is -2.23. The van der Waals surface area contributed by atoms with Gasteiger partial charge in [-0.15, -0.1) is 0 Å². The number of ketones is 1. The fourth-order valence-electron chi connectivity index (χ4n) is 2.76. The summed E-state index contributed by atoms with van der Waals surface area (Å²) in [5.41, 5.74) is 2.39. The maximum atomic E-state index is 13.5. The number of halogens is 2. The lowest BCUT2D eigenvalue weighted by molar-refractivity contribution is 0.0948. The monoisotopic (exact) mass is 333 g/mol. The molecule has 1 unspecified atom stereocenters. The number of carbonyl (C=O) groups excluding carboxylic acids is 1. The molecule has 3 rings (SSSR count). The van der Waals surface area contributed by atoms with Gasteiger partial charge < -0.3 is 0 Å². The minimum absolute atomic E-state index is 0.0511. The van der Waals surface area contributed by atoms with Crippen LogP contribution in [-0.2, 0) is 6.42 Å². The van der Waals surface area contributed by atoms with Crippen molar-refractivity contribution in [2.45, 2.75) is 25.2 Å². The van der Waals surface area contributed by atoms with E-state index in [1.165, 1.54) is 12.1 Å². The highest BCUT2D eigenvalue weighted by Gasteiger charge is 2.28. The molecule has 20 heavy (non-hydrogen) atoms. The van der Waals surface area contributed by atoms with E-state index in [0.29, 0.717) is 10.0 Å². The number of fused-ring (bicyclic) bond motifs is 1. The molecule has 2 nitrogen and oxygen atoms in total. The molecule has 4 heteroatoms. The molecule has 102 valence electrons. The molecule has 1 aromatic carbocycles. The van der Waals surface area contributed by atoms with Crippen molar-refractivity contribution >= 4 is 21.7 Å². The Kier molecular flexibility index (Phi) is 3.66. The van der Waals surface area contributed by atoms with Gasteiger partial charge in [-0.25, -0.2) is 4.39 Å². The van der Waals surface area contributed by atoms with Crippen LogP contribution in [0.3, 0.4) is 0 Å². The molecule has 1 heterocycles. The molecular weight excluding hydrogens is 321 g/mol. The number of aryl methyl sites for hydroxylation is 1. The Hall–Kier alpha value is -1.55. The van der Waals surface area contributed by atoms with E-state index in [-0.39, 0.29) is 11.7 Å². The lowest BCUT2D eigenvalue weighted by Crippen LogP contribution is -2.20. The van der Waals surface area contributed by atoms with Gasteiger partial charge in [0.15, 0.2) is 5.78 Å². The van der Waals surface area contributed by atoms with Gasteiger partial charge in [0.2, 0.25) is 0 Å². The van der Waals surface area contributed by atoms with Gasteiger partial charge in [-0.3, -0.25) is 9.78 Å². The maximum Gasteiger partial charge on any atom is 0.172 e. The number of carbonyl (C=O) groups is 1. The molecule has 0 aliphatic heterocycles. The number of pyridine rings is 1. The van der Waals surface area contributed by atoms with Gasteiger partial charge in [0.05, 0.1) is 11.6 Å². The van der Waals surface area contributed by atoms with Crippen LogP contribution in [0.2, 0.25) is 0 Å². The summed E-state index contributed by atoms with van der Waals surface area (Å²) in [5, 5.41) is 0. The smallest absolute Gasteiger partial charge is 0.172 e. The zero-order valence-electron chi connectivity index (χ0n) is 10.8. The fourth-order valence-corrected chi connectivity index (χ4v) is 3.23. The van der Waals surface area contributed by atoms with Crippen molar-refractivity contribution < 1.29 is 9.18 Å². The Morgan fingerprint density at radius 1 is 1.35 bits per heavy atom. The van der Waals surface area contributed by atoms with E-state index in [9.17, 15) is 9.18 Å². The molecule has 2 aromatic rings. The van der Waals surface area contributed by atoms with Gasteiger partial charge in [-0.1, -0.05) is 22.0 Å². The Morgan fingerprint density at radius 3 is 3.00 bits per heavy atom. The van der Waals surface area contributed by atoms with Crippen LogP contribution < -0.4 is 0 Å². The number of rotatable bonds is 2. The number of Topliss-reactive ketones (excluding diaryl/α,β-unsaturated/α-hetero) is 1. The van der Waals surface area contributed by atoms with Crippen molar-refractivity contribution in [2.24, 2.45) is 0 Å². The van der Waals surface area contributed by atoms with Gasteiger partial charge in [-0.2, -0.15) is 0 Å². The Morgan fingerprint density at radius 2 is 2.20 bits per heavy atom. The van der Waals surface area contributed by atoms with Crippen LogP contribution in [0, 0.1) is 5.82 Å². The van der Waals surface area contributed by atoms with E-state index < -0.39 is 5.82 Å². The van der Waals surface area contributed by atoms with Crippen LogP contribution >= 0.6 is 15.9 Å². The van der Waals surface area contributed by atoms with Gasteiger partial charge in [0.25, 0.3) is 0 Å². The minimum atomic E-state index is -0.403. The molecule has 0 fully saturated rings. The largest absolute Gasteiger partial charge is 0.293 e. The summed E-state index contributed by atoms with van der Waals surface area (Å²) < 4.78 is 14.0. The highest BCUT2D eigenvalue weighted by Crippen LogP contribution is 2.33. The Balaban J connectivity index is 1.99.